The van der Waals surface area contributed by atoms with E-state index in [4.69, 9.17) is 0 Å². The van der Waals surface area contributed by atoms with Crippen LogP contribution in [0.5, 0.6) is 5.75 Å². The van der Waals surface area contributed by atoms with E-state index in [1.165, 1.54) is 12.1 Å². The highest BCUT2D eigenvalue weighted by molar-refractivity contribution is 5.26. The van der Waals surface area contributed by atoms with Crippen LogP contribution in [0.25, 0.3) is 0 Å². The van der Waals surface area contributed by atoms with Crippen molar-refractivity contribution >= 4 is 0 Å². The van der Waals surface area contributed by atoms with Crippen LogP contribution in [0.3, 0.4) is 0 Å². The van der Waals surface area contributed by atoms with Gasteiger partial charge in [0.1, 0.15) is 11.6 Å². The molecule has 94 valence electrons. The van der Waals surface area contributed by atoms with Crippen molar-refractivity contribution in [2.24, 2.45) is 0 Å². The van der Waals surface area contributed by atoms with E-state index in [0.717, 1.165) is 11.1 Å². The summed E-state index contributed by atoms with van der Waals surface area (Å²) in [7, 11) is 0. The first-order valence-corrected chi connectivity index (χ1v) is 5.92. The smallest absolute Gasteiger partial charge is 0.123 e. The molecule has 2 N–H and O–H groups in total. The summed E-state index contributed by atoms with van der Waals surface area (Å²) in [5.74, 6) is 0.0508. The number of phenolic OH excluding ortho intramolecular Hbond substituents is 1. The van der Waals surface area contributed by atoms with Gasteiger partial charge in [-0.2, -0.15) is 0 Å². The van der Waals surface area contributed by atoms with Crippen molar-refractivity contribution in [2.45, 2.75) is 19.5 Å². The number of rotatable bonds is 4. The molecule has 0 aliphatic heterocycles. The summed E-state index contributed by atoms with van der Waals surface area (Å²) in [6.45, 7) is 2.74. The molecule has 0 aliphatic carbocycles. The first kappa shape index (κ1) is 12.6. The molecule has 0 fully saturated rings. The van der Waals surface area contributed by atoms with E-state index in [2.05, 4.69) is 5.32 Å². The second-order valence-corrected chi connectivity index (χ2v) is 4.32. The molecule has 3 heteroatoms. The first-order valence-electron chi connectivity index (χ1n) is 5.92. The lowest BCUT2D eigenvalue weighted by Gasteiger charge is -2.14. The molecule has 0 amide bonds. The van der Waals surface area contributed by atoms with Crippen LogP contribution in [0.4, 0.5) is 4.39 Å². The molecule has 0 radical (unpaired) electrons. The van der Waals surface area contributed by atoms with Gasteiger partial charge in [-0.1, -0.05) is 24.3 Å². The molecule has 1 atom stereocenters. The minimum Gasteiger partial charge on any atom is -0.508 e. The van der Waals surface area contributed by atoms with Crippen molar-refractivity contribution in [1.82, 2.24) is 5.32 Å². The summed E-state index contributed by atoms with van der Waals surface area (Å²) < 4.78 is 12.8. The molecule has 2 rings (SSSR count). The molecule has 0 unspecified atom stereocenters. The molecular weight excluding hydrogens is 229 g/mol. The van der Waals surface area contributed by atoms with Gasteiger partial charge in [0, 0.05) is 12.6 Å². The molecule has 0 spiro atoms. The average molecular weight is 245 g/mol. The number of hydrogen-bond donors (Lipinski definition) is 2. The molecule has 0 saturated heterocycles. The second kappa shape index (κ2) is 5.65. The van der Waals surface area contributed by atoms with Gasteiger partial charge in [-0.05, 0) is 42.3 Å². The molecule has 2 aromatic rings. The van der Waals surface area contributed by atoms with Crippen molar-refractivity contribution < 1.29 is 9.50 Å². The lowest BCUT2D eigenvalue weighted by molar-refractivity contribution is 0.474. The third kappa shape index (κ3) is 3.31. The second-order valence-electron chi connectivity index (χ2n) is 4.32. The Morgan fingerprint density at radius 3 is 2.28 bits per heavy atom. The topological polar surface area (TPSA) is 32.3 Å². The van der Waals surface area contributed by atoms with E-state index in [1.54, 1.807) is 24.3 Å². The van der Waals surface area contributed by atoms with Crippen LogP contribution < -0.4 is 5.32 Å². The highest BCUT2D eigenvalue weighted by Crippen LogP contribution is 2.14. The van der Waals surface area contributed by atoms with Gasteiger partial charge in [0.05, 0.1) is 0 Å². The SMILES string of the molecule is C[C@H](NCc1ccc(O)cc1)c1ccc(F)cc1. The Morgan fingerprint density at radius 1 is 1.06 bits per heavy atom. The fourth-order valence-corrected chi connectivity index (χ4v) is 1.75. The van der Waals surface area contributed by atoms with Crippen molar-refractivity contribution in [3.05, 3.63) is 65.5 Å². The average Bonchev–Trinajstić information content (AvgIpc) is 2.38. The molecule has 18 heavy (non-hydrogen) atoms. The van der Waals surface area contributed by atoms with Crippen molar-refractivity contribution in [1.29, 1.82) is 0 Å². The standard InChI is InChI=1S/C15H16FNO/c1-11(13-4-6-14(16)7-5-13)17-10-12-2-8-15(18)9-3-12/h2-9,11,17-18H,10H2,1H3/t11-/m0/s1. The third-order valence-electron chi connectivity index (χ3n) is 2.92. The third-order valence-corrected chi connectivity index (χ3v) is 2.92. The van der Waals surface area contributed by atoms with Crippen LogP contribution in [0.1, 0.15) is 24.1 Å². The quantitative estimate of drug-likeness (QED) is 0.865. The van der Waals surface area contributed by atoms with Crippen LogP contribution in [-0.2, 0) is 6.54 Å². The van der Waals surface area contributed by atoms with E-state index in [9.17, 15) is 9.50 Å². The molecule has 2 nitrogen and oxygen atoms in total. The predicted octanol–water partition coefficient (Wildman–Crippen LogP) is 3.38. The summed E-state index contributed by atoms with van der Waals surface area (Å²) in [5.41, 5.74) is 2.15. The summed E-state index contributed by atoms with van der Waals surface area (Å²) in [6, 6.07) is 13.7. The Kier molecular flexibility index (Phi) is 3.95. The number of benzene rings is 2. The largest absolute Gasteiger partial charge is 0.508 e. The minimum atomic E-state index is -0.218. The van der Waals surface area contributed by atoms with Gasteiger partial charge in [-0.25, -0.2) is 4.39 Å². The van der Waals surface area contributed by atoms with E-state index < -0.39 is 0 Å². The Labute approximate surface area is 106 Å². The van der Waals surface area contributed by atoms with Crippen LogP contribution >= 0.6 is 0 Å². The molecule has 0 saturated carbocycles. The maximum Gasteiger partial charge on any atom is 0.123 e. The zero-order valence-electron chi connectivity index (χ0n) is 10.2. The molecule has 0 aromatic heterocycles. The van der Waals surface area contributed by atoms with E-state index in [0.29, 0.717) is 6.54 Å². The maximum atomic E-state index is 12.8. The van der Waals surface area contributed by atoms with Crippen molar-refractivity contribution in [3.8, 4) is 5.75 Å². The number of halogens is 1. The molecule has 2 aromatic carbocycles. The Hall–Kier alpha value is -1.87. The Bertz CT molecular complexity index is 493. The van der Waals surface area contributed by atoms with Gasteiger partial charge in [0.15, 0.2) is 0 Å². The van der Waals surface area contributed by atoms with Gasteiger partial charge >= 0.3 is 0 Å². The molecular formula is C15H16FNO. The van der Waals surface area contributed by atoms with Gasteiger partial charge in [0.25, 0.3) is 0 Å². The summed E-state index contributed by atoms with van der Waals surface area (Å²) in [6.07, 6.45) is 0. The summed E-state index contributed by atoms with van der Waals surface area (Å²) >= 11 is 0. The fraction of sp³-hybridized carbons (Fsp3) is 0.200. The number of hydrogen-bond acceptors (Lipinski definition) is 2. The highest BCUT2D eigenvalue weighted by Gasteiger charge is 2.04. The van der Waals surface area contributed by atoms with Crippen molar-refractivity contribution in [3.63, 3.8) is 0 Å². The summed E-state index contributed by atoms with van der Waals surface area (Å²) in [5, 5.41) is 12.5. The number of phenols is 1. The Balaban J connectivity index is 1.93. The number of aromatic hydroxyl groups is 1. The van der Waals surface area contributed by atoms with Gasteiger partial charge in [-0.3, -0.25) is 0 Å². The van der Waals surface area contributed by atoms with Gasteiger partial charge in [-0.15, -0.1) is 0 Å². The van der Waals surface area contributed by atoms with Crippen LogP contribution in [0.15, 0.2) is 48.5 Å². The predicted molar refractivity (Wildman–Crippen MR) is 69.8 cm³/mol. The molecule has 0 aliphatic rings. The van der Waals surface area contributed by atoms with Crippen LogP contribution in [0.2, 0.25) is 0 Å². The van der Waals surface area contributed by atoms with Crippen LogP contribution in [-0.4, -0.2) is 5.11 Å². The first-order chi connectivity index (χ1) is 8.65. The maximum absolute atomic E-state index is 12.8. The van der Waals surface area contributed by atoms with Crippen LogP contribution in [0, 0.1) is 5.82 Å². The lowest BCUT2D eigenvalue weighted by atomic mass is 10.1. The van der Waals surface area contributed by atoms with Gasteiger partial charge in [0.2, 0.25) is 0 Å². The fourth-order valence-electron chi connectivity index (χ4n) is 1.75. The van der Waals surface area contributed by atoms with E-state index in [-0.39, 0.29) is 17.6 Å². The lowest BCUT2D eigenvalue weighted by Crippen LogP contribution is -2.17. The highest BCUT2D eigenvalue weighted by atomic mass is 19.1. The van der Waals surface area contributed by atoms with Crippen molar-refractivity contribution in [2.75, 3.05) is 0 Å². The normalized spacial score (nSPS) is 12.3. The minimum absolute atomic E-state index is 0.152. The monoisotopic (exact) mass is 245 g/mol. The Morgan fingerprint density at radius 2 is 1.67 bits per heavy atom. The summed E-state index contributed by atoms with van der Waals surface area (Å²) in [4.78, 5) is 0. The molecule has 0 heterocycles. The zero-order chi connectivity index (χ0) is 13.0. The molecule has 0 bridgehead atoms. The van der Waals surface area contributed by atoms with E-state index in [1.807, 2.05) is 19.1 Å². The zero-order valence-corrected chi connectivity index (χ0v) is 10.2. The van der Waals surface area contributed by atoms with E-state index >= 15 is 0 Å². The number of nitrogens with one attached hydrogen (secondary N) is 1. The van der Waals surface area contributed by atoms with Gasteiger partial charge < -0.3 is 10.4 Å².